The van der Waals surface area contributed by atoms with Crippen molar-refractivity contribution in [1.29, 1.82) is 0 Å². The number of ether oxygens (including phenoxy) is 20. The summed E-state index contributed by atoms with van der Waals surface area (Å²) in [6.07, 6.45) is 0. The monoisotopic (exact) mass is 1310 g/mol. The fourth-order valence-electron chi connectivity index (χ4n) is 7.60. The van der Waals surface area contributed by atoms with E-state index in [0.29, 0.717) is 33.4 Å². The molecule has 0 aliphatic carbocycles. The van der Waals surface area contributed by atoms with Crippen molar-refractivity contribution in [2.75, 3.05) is 251 Å². The number of aliphatic carboxylic acids is 1. The predicted octanol–water partition coefficient (Wildman–Crippen LogP) is 0.0439. The minimum atomic E-state index is -1.97. The van der Waals surface area contributed by atoms with E-state index in [-0.39, 0.29) is 289 Å². The van der Waals surface area contributed by atoms with Gasteiger partial charge in [-0.05, 0) is 64.6 Å². The van der Waals surface area contributed by atoms with Crippen LogP contribution < -0.4 is 0 Å². The molecule has 7 N–H and O–H groups in total. The number of esters is 2. The summed E-state index contributed by atoms with van der Waals surface area (Å²) < 4.78 is 113. The Morgan fingerprint density at radius 1 is 0.286 bits per heavy atom. The molecule has 0 heterocycles. The third-order valence-corrected chi connectivity index (χ3v) is 12.3. The maximum atomic E-state index is 14.2. The van der Waals surface area contributed by atoms with Crippen molar-refractivity contribution < 1.29 is 145 Å². The second-order valence-electron chi connectivity index (χ2n) is 19.6. The molecule has 0 bridgehead atoms. The second kappa shape index (κ2) is 58.5. The lowest BCUT2D eigenvalue weighted by atomic mass is 9.93. The van der Waals surface area contributed by atoms with Crippen LogP contribution in [0.4, 0.5) is 0 Å². The van der Waals surface area contributed by atoms with Crippen LogP contribution in [-0.2, 0) is 139 Å². The highest BCUT2D eigenvalue weighted by Gasteiger charge is 2.37. The molecule has 0 atom stereocenters. The van der Waals surface area contributed by atoms with Crippen molar-refractivity contribution in [1.82, 2.24) is 0 Å². The Morgan fingerprint density at radius 2 is 0.462 bits per heavy atom. The number of carboxylic acids is 1. The standard InChI is InChI=1S/C61H102O30/c1-61(60(70)71,48-90-58(68)50-38-52(42-84-32-26-78-20-14-72-8-2-62)56(46-88-36-30-82-24-18-76-12-6-66)53(39-50)43-85-33-27-79-21-15-73-9-3-63)49-91-59(69)51-40-54(44-86-34-28-80-22-16-74-10-4-64)57(47-89-37-31-83-25-19-77-13-7-67)55(41-51)45-87-35-29-81-23-17-75-11-5-65/h38-41,62-67H,2-37,42-49H2,1H3,(H,70,71). The van der Waals surface area contributed by atoms with Gasteiger partial charge < -0.3 is 130 Å². The fourth-order valence-corrected chi connectivity index (χ4v) is 7.60. The normalized spacial score (nSPS) is 11.7. The Hall–Kier alpha value is -4.11. The molecule has 0 saturated heterocycles. The third kappa shape index (κ3) is 42.1. The SMILES string of the molecule is CC(COC(=O)c1cc(COCCOCCOCCO)c(COCCOCCOCCO)c(COCCOCCOCCO)c1)(COC(=O)c1cc(COCCOCCOCCO)c(COCCOCCOCCO)c(COCCOCCOCCO)c1)C(=O)O. The first-order valence-electron chi connectivity index (χ1n) is 30.5. The number of carboxylic acid groups (broad SMARTS) is 1. The van der Waals surface area contributed by atoms with Crippen molar-refractivity contribution in [3.05, 3.63) is 68.8 Å². The van der Waals surface area contributed by atoms with Gasteiger partial charge in [0.2, 0.25) is 0 Å². The molecular weight excluding hydrogens is 1210 g/mol. The second-order valence-corrected chi connectivity index (χ2v) is 19.6. The van der Waals surface area contributed by atoms with E-state index in [9.17, 15) is 19.5 Å². The molecule has 2 aromatic carbocycles. The highest BCUT2D eigenvalue weighted by Crippen LogP contribution is 2.27. The van der Waals surface area contributed by atoms with Crippen LogP contribution in [-0.4, -0.2) is 305 Å². The number of benzene rings is 2. The van der Waals surface area contributed by atoms with Crippen LogP contribution in [0.2, 0.25) is 0 Å². The van der Waals surface area contributed by atoms with Crippen LogP contribution in [0, 0.1) is 5.41 Å². The van der Waals surface area contributed by atoms with Crippen LogP contribution in [0.1, 0.15) is 61.0 Å². The Balaban J connectivity index is 2.45. The lowest BCUT2D eigenvalue weighted by Crippen LogP contribution is -2.39. The Labute approximate surface area is 533 Å². The van der Waals surface area contributed by atoms with E-state index in [0.717, 1.165) is 0 Å². The summed E-state index contributed by atoms with van der Waals surface area (Å²) in [6.45, 7) is 5.61. The van der Waals surface area contributed by atoms with Gasteiger partial charge in [-0.3, -0.25) is 4.79 Å². The molecule has 0 fully saturated rings. The van der Waals surface area contributed by atoms with Crippen LogP contribution >= 0.6 is 0 Å². The van der Waals surface area contributed by atoms with Crippen LogP contribution in [0.5, 0.6) is 0 Å². The van der Waals surface area contributed by atoms with Crippen LogP contribution in [0.25, 0.3) is 0 Å². The Morgan fingerprint density at radius 3 is 0.648 bits per heavy atom. The molecule has 0 saturated carbocycles. The molecule has 30 heteroatoms. The molecule has 91 heavy (non-hydrogen) atoms. The number of aliphatic hydroxyl groups excluding tert-OH is 6. The Kier molecular flexibility index (Phi) is 53.3. The first-order chi connectivity index (χ1) is 44.6. The largest absolute Gasteiger partial charge is 0.481 e. The van der Waals surface area contributed by atoms with Crippen molar-refractivity contribution >= 4 is 17.9 Å². The summed E-state index contributed by atoms with van der Waals surface area (Å²) in [7, 11) is 0. The maximum absolute atomic E-state index is 14.2. The van der Waals surface area contributed by atoms with Crippen LogP contribution in [0.3, 0.4) is 0 Å². The van der Waals surface area contributed by atoms with Gasteiger partial charge >= 0.3 is 17.9 Å². The first kappa shape index (κ1) is 83.0. The van der Waals surface area contributed by atoms with Gasteiger partial charge in [-0.2, -0.15) is 0 Å². The molecule has 0 aliphatic rings. The van der Waals surface area contributed by atoms with Gasteiger partial charge in [0.25, 0.3) is 0 Å². The molecule has 0 aliphatic heterocycles. The lowest BCUT2D eigenvalue weighted by molar-refractivity contribution is -0.153. The summed E-state index contributed by atoms with van der Waals surface area (Å²) in [6, 6.07) is 6.19. The first-order valence-corrected chi connectivity index (χ1v) is 30.5. The molecular formula is C61H102O30. The number of hydrogen-bond donors (Lipinski definition) is 7. The van der Waals surface area contributed by atoms with E-state index in [1.807, 2.05) is 0 Å². The van der Waals surface area contributed by atoms with Crippen LogP contribution in [0.15, 0.2) is 24.3 Å². The number of rotatable bonds is 67. The van der Waals surface area contributed by atoms with E-state index in [1.165, 1.54) is 6.92 Å². The highest BCUT2D eigenvalue weighted by atomic mass is 16.6. The number of carbonyl (C=O) groups is 3. The molecule has 2 rings (SSSR count). The number of hydrogen-bond acceptors (Lipinski definition) is 29. The van der Waals surface area contributed by atoms with Gasteiger partial charge in [0.1, 0.15) is 18.6 Å². The topological polar surface area (TPSA) is 377 Å². The van der Waals surface area contributed by atoms with Gasteiger partial charge in [0.15, 0.2) is 0 Å². The fraction of sp³-hybridized carbons (Fsp3) is 0.754. The molecule has 30 nitrogen and oxygen atoms in total. The van der Waals surface area contributed by atoms with Gasteiger partial charge in [-0.25, -0.2) is 9.59 Å². The minimum absolute atomic E-state index is 0.0219. The van der Waals surface area contributed by atoms with Crippen molar-refractivity contribution in [3.63, 3.8) is 0 Å². The highest BCUT2D eigenvalue weighted by molar-refractivity contribution is 5.91. The zero-order valence-corrected chi connectivity index (χ0v) is 52.9. The quantitative estimate of drug-likeness (QED) is 0.0340. The number of aliphatic hydroxyl groups is 6. The van der Waals surface area contributed by atoms with Gasteiger partial charge in [-0.1, -0.05) is 0 Å². The predicted molar refractivity (Wildman–Crippen MR) is 319 cm³/mol. The summed E-state index contributed by atoms with van der Waals surface area (Å²) in [4.78, 5) is 41.4. The van der Waals surface area contributed by atoms with E-state index in [4.69, 9.17) is 125 Å². The Bertz CT molecular complexity index is 1870. The summed E-state index contributed by atoms with van der Waals surface area (Å²) in [5.74, 6) is -3.25. The van der Waals surface area contributed by atoms with Gasteiger partial charge in [0.05, 0.1) is 289 Å². The van der Waals surface area contributed by atoms with E-state index < -0.39 is 36.5 Å². The van der Waals surface area contributed by atoms with E-state index in [2.05, 4.69) is 0 Å². The molecule has 0 spiro atoms. The third-order valence-electron chi connectivity index (χ3n) is 12.3. The summed E-state index contributed by atoms with van der Waals surface area (Å²) >= 11 is 0. The van der Waals surface area contributed by atoms with Gasteiger partial charge in [0, 0.05) is 0 Å². The average Bonchev–Trinajstić information content (AvgIpc) is 2.45. The molecule has 2 aromatic rings. The van der Waals surface area contributed by atoms with Crippen molar-refractivity contribution in [2.24, 2.45) is 5.41 Å². The number of carbonyl (C=O) groups excluding carboxylic acids is 2. The van der Waals surface area contributed by atoms with E-state index >= 15 is 0 Å². The zero-order valence-electron chi connectivity index (χ0n) is 52.9. The summed E-state index contributed by atoms with van der Waals surface area (Å²) in [5, 5.41) is 64.5. The molecule has 0 radical (unpaired) electrons. The van der Waals surface area contributed by atoms with E-state index in [1.54, 1.807) is 24.3 Å². The molecule has 0 unspecified atom stereocenters. The zero-order chi connectivity index (χ0) is 65.9. The molecule has 526 valence electrons. The molecule has 0 aromatic heterocycles. The van der Waals surface area contributed by atoms with Crippen molar-refractivity contribution in [3.8, 4) is 0 Å². The average molecular weight is 1320 g/mol. The van der Waals surface area contributed by atoms with Crippen molar-refractivity contribution in [2.45, 2.75) is 46.6 Å². The molecule has 0 amide bonds. The minimum Gasteiger partial charge on any atom is -0.481 e. The maximum Gasteiger partial charge on any atom is 0.338 e. The smallest absolute Gasteiger partial charge is 0.338 e. The summed E-state index contributed by atoms with van der Waals surface area (Å²) in [5.41, 5.74) is 1.41. The van der Waals surface area contributed by atoms with Gasteiger partial charge in [-0.15, -0.1) is 0 Å². The lowest BCUT2D eigenvalue weighted by Gasteiger charge is -2.24.